The summed E-state index contributed by atoms with van der Waals surface area (Å²) in [6, 6.07) is 19.2. The van der Waals surface area contributed by atoms with Crippen LogP contribution in [0.4, 0.5) is 5.69 Å². The molecule has 0 heterocycles. The Labute approximate surface area is 195 Å². The average Bonchev–Trinajstić information content (AvgIpc) is 2.85. The summed E-state index contributed by atoms with van der Waals surface area (Å²) < 4.78 is 0. The lowest BCUT2D eigenvalue weighted by molar-refractivity contribution is -0.128. The lowest BCUT2D eigenvalue weighted by Crippen LogP contribution is -2.47. The van der Waals surface area contributed by atoms with Crippen LogP contribution in [-0.4, -0.2) is 34.1 Å². The molecule has 0 aliphatic rings. The number of amides is 2. The molecule has 0 bridgehead atoms. The molecular weight excluding hydrogens is 432 g/mol. The van der Waals surface area contributed by atoms with Crippen molar-refractivity contribution in [2.24, 2.45) is 16.0 Å². The Morgan fingerprint density at radius 3 is 2.18 bits per heavy atom. The zero-order chi connectivity index (χ0) is 24.2. The first-order valence-corrected chi connectivity index (χ1v) is 10.8. The minimum Gasteiger partial charge on any atom is -0.507 e. The van der Waals surface area contributed by atoms with Gasteiger partial charge in [0.25, 0.3) is 5.91 Å². The maximum absolute atomic E-state index is 13.0. The second-order valence-electron chi connectivity index (χ2n) is 8.02. The highest BCUT2D eigenvalue weighted by molar-refractivity contribution is 6.14. The van der Waals surface area contributed by atoms with Crippen LogP contribution in [-0.2, 0) is 16.0 Å². The van der Waals surface area contributed by atoms with E-state index < -0.39 is 23.9 Å². The third-order valence-electron chi connectivity index (χ3n) is 5.54. The molecule has 4 aromatic carbocycles. The van der Waals surface area contributed by atoms with Gasteiger partial charge in [0.15, 0.2) is 0 Å². The Morgan fingerprint density at radius 1 is 0.882 bits per heavy atom. The number of carbonyl (C=O) groups is 2. The molecule has 5 N–H and O–H groups in total. The van der Waals surface area contributed by atoms with Crippen molar-refractivity contribution in [2.75, 3.05) is 0 Å². The number of nitrogens with one attached hydrogen (secondary N) is 1. The van der Waals surface area contributed by atoms with Gasteiger partial charge in [-0.1, -0.05) is 66.7 Å². The van der Waals surface area contributed by atoms with Crippen LogP contribution in [0.5, 0.6) is 11.5 Å². The summed E-state index contributed by atoms with van der Waals surface area (Å²) >= 11 is 0. The van der Waals surface area contributed by atoms with Crippen LogP contribution in [0.3, 0.4) is 0 Å². The molecule has 4 rings (SSSR count). The van der Waals surface area contributed by atoms with Crippen LogP contribution in [0.15, 0.2) is 83.0 Å². The van der Waals surface area contributed by atoms with Crippen molar-refractivity contribution in [1.29, 1.82) is 0 Å². The molecule has 0 radical (unpaired) electrons. The fourth-order valence-corrected chi connectivity index (χ4v) is 3.77. The number of hydrogen-bond donors (Lipinski definition) is 4. The topological polar surface area (TPSA) is 137 Å². The van der Waals surface area contributed by atoms with Crippen molar-refractivity contribution >= 4 is 39.0 Å². The number of phenols is 2. The van der Waals surface area contributed by atoms with Gasteiger partial charge < -0.3 is 21.3 Å². The van der Waals surface area contributed by atoms with Crippen LogP contribution < -0.4 is 11.1 Å². The maximum atomic E-state index is 13.0. The minimum absolute atomic E-state index is 0.00192. The van der Waals surface area contributed by atoms with Crippen LogP contribution in [0.25, 0.3) is 21.5 Å². The molecule has 0 aromatic heterocycles. The summed E-state index contributed by atoms with van der Waals surface area (Å²) in [6.07, 6.45) is 0.212. The van der Waals surface area contributed by atoms with E-state index >= 15 is 0 Å². The van der Waals surface area contributed by atoms with Crippen molar-refractivity contribution in [3.8, 4) is 11.5 Å². The molecular formula is C26H24N4O4. The van der Waals surface area contributed by atoms with Crippen molar-refractivity contribution in [3.05, 3.63) is 78.4 Å². The molecule has 0 fully saturated rings. The third kappa shape index (κ3) is 4.57. The molecule has 0 saturated heterocycles. The zero-order valence-corrected chi connectivity index (χ0v) is 18.5. The van der Waals surface area contributed by atoms with E-state index in [2.05, 4.69) is 15.5 Å². The second kappa shape index (κ2) is 9.68. The predicted octanol–water partition coefficient (Wildman–Crippen LogP) is 4.09. The quantitative estimate of drug-likeness (QED) is 0.197. The number of azo groups is 1. The van der Waals surface area contributed by atoms with Crippen molar-refractivity contribution in [2.45, 2.75) is 25.4 Å². The van der Waals surface area contributed by atoms with Gasteiger partial charge in [0.1, 0.15) is 17.5 Å². The molecule has 172 valence electrons. The average molecular weight is 457 g/mol. The van der Waals surface area contributed by atoms with E-state index in [9.17, 15) is 19.8 Å². The van der Waals surface area contributed by atoms with E-state index in [1.807, 2.05) is 30.3 Å². The SMILES string of the molecule is C[C@H](N)C(=O)N[C@@H](Cc1ccccc1)C(=O)N=Nc1cccc2c(O)c3ccccc3c(O)c12. The van der Waals surface area contributed by atoms with E-state index in [0.717, 1.165) is 5.56 Å². The highest BCUT2D eigenvalue weighted by Gasteiger charge is 2.23. The summed E-state index contributed by atoms with van der Waals surface area (Å²) in [5, 5.41) is 33.8. The van der Waals surface area contributed by atoms with E-state index in [-0.39, 0.29) is 29.0 Å². The number of carbonyl (C=O) groups excluding carboxylic acids is 2. The van der Waals surface area contributed by atoms with Crippen molar-refractivity contribution in [1.82, 2.24) is 5.32 Å². The molecule has 0 spiro atoms. The van der Waals surface area contributed by atoms with E-state index in [4.69, 9.17) is 5.73 Å². The molecule has 2 atom stereocenters. The number of hydrogen-bond acceptors (Lipinski definition) is 6. The van der Waals surface area contributed by atoms with Crippen LogP contribution in [0.1, 0.15) is 12.5 Å². The molecule has 8 nitrogen and oxygen atoms in total. The molecule has 0 saturated carbocycles. The smallest absolute Gasteiger partial charge is 0.287 e. The van der Waals surface area contributed by atoms with Gasteiger partial charge in [-0.15, -0.1) is 10.2 Å². The van der Waals surface area contributed by atoms with Crippen molar-refractivity contribution in [3.63, 3.8) is 0 Å². The molecule has 0 aliphatic carbocycles. The number of nitrogens with zero attached hydrogens (tertiary/aromatic N) is 2. The maximum Gasteiger partial charge on any atom is 0.287 e. The van der Waals surface area contributed by atoms with Crippen LogP contribution >= 0.6 is 0 Å². The van der Waals surface area contributed by atoms with Gasteiger partial charge in [-0.05, 0) is 18.6 Å². The first kappa shape index (κ1) is 22.9. The Kier molecular flexibility index (Phi) is 6.51. The van der Waals surface area contributed by atoms with Gasteiger partial charge in [0.05, 0.1) is 17.1 Å². The van der Waals surface area contributed by atoms with Crippen LogP contribution in [0, 0.1) is 0 Å². The Hall–Kier alpha value is -4.30. The second-order valence-corrected chi connectivity index (χ2v) is 8.02. The number of benzene rings is 4. The van der Waals surface area contributed by atoms with Gasteiger partial charge in [-0.2, -0.15) is 0 Å². The summed E-state index contributed by atoms with van der Waals surface area (Å²) in [7, 11) is 0. The highest BCUT2D eigenvalue weighted by Crippen LogP contribution is 2.45. The molecule has 2 amide bonds. The standard InChI is InChI=1S/C26H24N4O4/c1-15(27)25(33)28-21(14-16-8-3-2-4-9-16)26(34)30-29-20-13-7-12-19-22(20)24(32)18-11-6-5-10-17(18)23(19)31/h2-13,15,21,31-32H,14,27H2,1H3,(H,28,33)/t15-,21-/m0/s1. The third-order valence-corrected chi connectivity index (χ3v) is 5.54. The van der Waals surface area contributed by atoms with Gasteiger partial charge in [-0.25, -0.2) is 0 Å². The molecule has 34 heavy (non-hydrogen) atoms. The largest absolute Gasteiger partial charge is 0.507 e. The van der Waals surface area contributed by atoms with E-state index in [0.29, 0.717) is 16.2 Å². The Bertz CT molecular complexity index is 1400. The first-order valence-electron chi connectivity index (χ1n) is 10.8. The van der Waals surface area contributed by atoms with Gasteiger partial charge in [0, 0.05) is 22.6 Å². The van der Waals surface area contributed by atoms with Gasteiger partial charge in [-0.3, -0.25) is 9.59 Å². The number of fused-ring (bicyclic) bond motifs is 2. The zero-order valence-electron chi connectivity index (χ0n) is 18.5. The van der Waals surface area contributed by atoms with Gasteiger partial charge >= 0.3 is 0 Å². The van der Waals surface area contributed by atoms with Crippen molar-refractivity contribution < 1.29 is 19.8 Å². The monoisotopic (exact) mass is 456 g/mol. The molecule has 4 aromatic rings. The summed E-state index contributed by atoms with van der Waals surface area (Å²) in [5.74, 6) is -1.22. The summed E-state index contributed by atoms with van der Waals surface area (Å²) in [4.78, 5) is 25.1. The van der Waals surface area contributed by atoms with Gasteiger partial charge in [0.2, 0.25) is 5.91 Å². The normalized spacial score (nSPS) is 13.2. The number of phenolic OH excluding ortho intramolecular Hbond substituents is 2. The number of rotatable bonds is 6. The molecule has 8 heteroatoms. The van der Waals surface area contributed by atoms with E-state index in [1.165, 1.54) is 6.92 Å². The number of nitrogens with two attached hydrogens (primary N) is 1. The molecule has 0 unspecified atom stereocenters. The van der Waals surface area contributed by atoms with Crippen LogP contribution in [0.2, 0.25) is 0 Å². The number of aromatic hydroxyl groups is 2. The fraction of sp³-hybridized carbons (Fsp3) is 0.154. The van der Waals surface area contributed by atoms with E-state index in [1.54, 1.807) is 42.5 Å². The fourth-order valence-electron chi connectivity index (χ4n) is 3.77. The predicted molar refractivity (Wildman–Crippen MR) is 130 cm³/mol. The molecule has 0 aliphatic heterocycles. The summed E-state index contributed by atoms with van der Waals surface area (Å²) in [5.41, 5.74) is 6.70. The first-order chi connectivity index (χ1) is 16.4. The minimum atomic E-state index is -0.970. The Balaban J connectivity index is 1.71. The Morgan fingerprint density at radius 2 is 1.50 bits per heavy atom. The lowest BCUT2D eigenvalue weighted by atomic mass is 9.99. The summed E-state index contributed by atoms with van der Waals surface area (Å²) in [6.45, 7) is 1.52. The highest BCUT2D eigenvalue weighted by atomic mass is 16.3. The lowest BCUT2D eigenvalue weighted by Gasteiger charge is -2.16.